The lowest BCUT2D eigenvalue weighted by molar-refractivity contribution is -0.134. The van der Waals surface area contributed by atoms with E-state index < -0.39 is 13.3 Å². The van der Waals surface area contributed by atoms with Gasteiger partial charge in [0.15, 0.2) is 0 Å². The molecule has 5 heteroatoms. The lowest BCUT2D eigenvalue weighted by Crippen LogP contribution is -2.18. The number of hydrogen-bond acceptors (Lipinski definition) is 4. The summed E-state index contributed by atoms with van der Waals surface area (Å²) in [5, 5.41) is 1.09. The van der Waals surface area contributed by atoms with Crippen LogP contribution in [0.25, 0.3) is 5.76 Å². The van der Waals surface area contributed by atoms with Gasteiger partial charge in [0.25, 0.3) is 0 Å². The molecule has 0 aliphatic heterocycles. The van der Waals surface area contributed by atoms with Gasteiger partial charge in [-0.1, -0.05) is 66.7 Å². The van der Waals surface area contributed by atoms with Gasteiger partial charge in [-0.3, -0.25) is 4.57 Å². The number of hydrogen-bond donors (Lipinski definition) is 0. The summed E-state index contributed by atoms with van der Waals surface area (Å²) in [6.07, 6.45) is 1.22. The van der Waals surface area contributed by atoms with Gasteiger partial charge < -0.3 is 9.26 Å². The van der Waals surface area contributed by atoms with E-state index in [1.54, 1.807) is 60.7 Å². The Hall–Kier alpha value is -3.10. The van der Waals surface area contributed by atoms with Gasteiger partial charge in [0.2, 0.25) is 0 Å². The van der Waals surface area contributed by atoms with Crippen LogP contribution in [0.3, 0.4) is 0 Å². The van der Waals surface area contributed by atoms with E-state index >= 15 is 0 Å². The summed E-state index contributed by atoms with van der Waals surface area (Å²) >= 11 is 0. The molecule has 0 saturated heterocycles. The first-order valence-electron chi connectivity index (χ1n) is 8.39. The second kappa shape index (κ2) is 8.52. The maximum Gasteiger partial charge on any atom is 0.334 e. The van der Waals surface area contributed by atoms with Crippen LogP contribution in [0.15, 0.2) is 97.1 Å². The van der Waals surface area contributed by atoms with Crippen LogP contribution < -0.4 is 10.6 Å². The van der Waals surface area contributed by atoms with Gasteiger partial charge in [0, 0.05) is 5.56 Å². The quantitative estimate of drug-likeness (QED) is 0.280. The van der Waals surface area contributed by atoms with E-state index in [1.165, 1.54) is 13.2 Å². The van der Waals surface area contributed by atoms with Crippen molar-refractivity contribution in [3.63, 3.8) is 0 Å². The van der Waals surface area contributed by atoms with Crippen molar-refractivity contribution in [2.24, 2.45) is 0 Å². The minimum Gasteiger partial charge on any atom is -0.466 e. The van der Waals surface area contributed by atoms with Gasteiger partial charge in [-0.2, -0.15) is 0 Å². The molecule has 3 rings (SSSR count). The Morgan fingerprint density at radius 2 is 1.22 bits per heavy atom. The molecule has 0 saturated carbocycles. The van der Waals surface area contributed by atoms with E-state index in [4.69, 9.17) is 9.26 Å². The molecule has 3 aromatic rings. The van der Waals surface area contributed by atoms with E-state index in [0.29, 0.717) is 16.2 Å². The highest BCUT2D eigenvalue weighted by Crippen LogP contribution is 2.48. The maximum atomic E-state index is 14.1. The first kappa shape index (κ1) is 18.7. The van der Waals surface area contributed by atoms with Crippen molar-refractivity contribution in [2.45, 2.75) is 0 Å². The van der Waals surface area contributed by atoms with Gasteiger partial charge in [0.1, 0.15) is 5.76 Å². The van der Waals surface area contributed by atoms with Crippen molar-refractivity contribution >= 4 is 29.7 Å². The Labute approximate surface area is 158 Å². The Bertz CT molecular complexity index is 923. The van der Waals surface area contributed by atoms with E-state index in [2.05, 4.69) is 0 Å². The minimum atomic E-state index is -3.49. The lowest BCUT2D eigenvalue weighted by Gasteiger charge is -2.22. The molecule has 0 spiro atoms. The molecule has 136 valence electrons. The molecule has 0 aliphatic carbocycles. The van der Waals surface area contributed by atoms with Crippen LogP contribution in [0.4, 0.5) is 0 Å². The SMILES string of the molecule is COC(=O)/C=C(\OP(=O)(c1ccccc1)c1ccccc1)c1ccccc1. The van der Waals surface area contributed by atoms with Crippen LogP contribution in [0.5, 0.6) is 0 Å². The molecule has 0 unspecified atom stereocenters. The molecule has 0 aromatic heterocycles. The number of carbonyl (C=O) groups excluding carboxylic acids is 1. The van der Waals surface area contributed by atoms with Crippen LogP contribution in [-0.4, -0.2) is 13.1 Å². The molecule has 0 bridgehead atoms. The number of rotatable bonds is 6. The first-order chi connectivity index (χ1) is 13.1. The molecule has 0 radical (unpaired) electrons. The number of carbonyl (C=O) groups is 1. The Kier molecular flexibility index (Phi) is 5.90. The molecule has 0 atom stereocenters. The molecule has 0 amide bonds. The zero-order chi connectivity index (χ0) is 19.1. The van der Waals surface area contributed by atoms with E-state index in [1.807, 2.05) is 30.3 Å². The zero-order valence-corrected chi connectivity index (χ0v) is 15.7. The Morgan fingerprint density at radius 3 is 1.67 bits per heavy atom. The molecule has 0 heterocycles. The number of esters is 1. The normalized spacial score (nSPS) is 11.7. The molecule has 27 heavy (non-hydrogen) atoms. The monoisotopic (exact) mass is 378 g/mol. The molecular weight excluding hydrogens is 359 g/mol. The molecule has 0 fully saturated rings. The van der Waals surface area contributed by atoms with Crippen LogP contribution in [-0.2, 0) is 18.6 Å². The van der Waals surface area contributed by atoms with E-state index in [0.717, 1.165) is 0 Å². The number of benzene rings is 3. The summed E-state index contributed by atoms with van der Waals surface area (Å²) < 4.78 is 24.9. The highest BCUT2D eigenvalue weighted by molar-refractivity contribution is 7.74. The smallest absolute Gasteiger partial charge is 0.334 e. The third-order valence-corrected chi connectivity index (χ3v) is 6.34. The topological polar surface area (TPSA) is 52.6 Å². The molecule has 3 aromatic carbocycles. The van der Waals surface area contributed by atoms with Crippen LogP contribution in [0, 0.1) is 0 Å². The average molecular weight is 378 g/mol. The largest absolute Gasteiger partial charge is 0.466 e. The van der Waals surface area contributed by atoms with Crippen molar-refractivity contribution in [2.75, 3.05) is 7.11 Å². The molecule has 0 N–H and O–H groups in total. The summed E-state index contributed by atoms with van der Waals surface area (Å²) in [6, 6.07) is 27.0. The van der Waals surface area contributed by atoms with Crippen LogP contribution in [0.1, 0.15) is 5.56 Å². The summed E-state index contributed by atoms with van der Waals surface area (Å²) in [4.78, 5) is 11.9. The van der Waals surface area contributed by atoms with Crippen molar-refractivity contribution in [3.8, 4) is 0 Å². The maximum absolute atomic E-state index is 14.1. The van der Waals surface area contributed by atoms with E-state index in [9.17, 15) is 9.36 Å². The van der Waals surface area contributed by atoms with Gasteiger partial charge in [-0.15, -0.1) is 0 Å². The predicted octanol–water partition coefficient (Wildman–Crippen LogP) is 4.15. The van der Waals surface area contributed by atoms with Gasteiger partial charge in [0.05, 0.1) is 23.8 Å². The fourth-order valence-corrected chi connectivity index (χ4v) is 4.65. The van der Waals surface area contributed by atoms with Crippen molar-refractivity contribution in [3.05, 3.63) is 103 Å². The lowest BCUT2D eigenvalue weighted by atomic mass is 10.2. The van der Waals surface area contributed by atoms with E-state index in [-0.39, 0.29) is 5.76 Å². The predicted molar refractivity (Wildman–Crippen MR) is 107 cm³/mol. The molecule has 4 nitrogen and oxygen atoms in total. The van der Waals surface area contributed by atoms with Gasteiger partial charge in [-0.05, 0) is 24.3 Å². The van der Waals surface area contributed by atoms with Gasteiger partial charge >= 0.3 is 13.3 Å². The Morgan fingerprint density at radius 1 is 0.778 bits per heavy atom. The standard InChI is InChI=1S/C22H19O4P/c1-25-22(23)17-21(18-11-5-2-6-12-18)26-27(24,19-13-7-3-8-14-19)20-15-9-4-10-16-20/h2-17H,1H3/b21-17-. The fraction of sp³-hybridized carbons (Fsp3) is 0.0455. The van der Waals surface area contributed by atoms with Crippen LogP contribution in [0.2, 0.25) is 0 Å². The van der Waals surface area contributed by atoms with Crippen LogP contribution >= 0.6 is 7.37 Å². The summed E-state index contributed by atoms with van der Waals surface area (Å²) in [5.74, 6) is -0.389. The third-order valence-electron chi connectivity index (χ3n) is 3.93. The second-order valence-corrected chi connectivity index (χ2v) is 8.03. The fourth-order valence-electron chi connectivity index (χ4n) is 2.57. The average Bonchev–Trinajstić information content (AvgIpc) is 2.75. The minimum absolute atomic E-state index is 0.193. The van der Waals surface area contributed by atoms with Gasteiger partial charge in [-0.25, -0.2) is 4.79 Å². The second-order valence-electron chi connectivity index (χ2n) is 5.71. The third kappa shape index (κ3) is 4.36. The highest BCUT2D eigenvalue weighted by atomic mass is 31.2. The Balaban J connectivity index is 2.13. The van der Waals surface area contributed by atoms with Crippen molar-refractivity contribution in [1.29, 1.82) is 0 Å². The zero-order valence-electron chi connectivity index (χ0n) is 14.8. The first-order valence-corrected chi connectivity index (χ1v) is 10.0. The number of methoxy groups -OCH3 is 1. The van der Waals surface area contributed by atoms with Crippen molar-refractivity contribution < 1.29 is 18.6 Å². The molecule has 0 aliphatic rings. The van der Waals surface area contributed by atoms with Crippen molar-refractivity contribution in [1.82, 2.24) is 0 Å². The summed E-state index contributed by atoms with van der Waals surface area (Å²) in [7, 11) is -2.20. The highest BCUT2D eigenvalue weighted by Gasteiger charge is 2.31. The summed E-state index contributed by atoms with van der Waals surface area (Å²) in [6.45, 7) is 0. The summed E-state index contributed by atoms with van der Waals surface area (Å²) in [5.41, 5.74) is 0.634. The molecular formula is C22H19O4P. The number of ether oxygens (including phenoxy) is 1.